The Morgan fingerprint density at radius 2 is 2.25 bits per heavy atom. The summed E-state index contributed by atoms with van der Waals surface area (Å²) in [7, 11) is -2.09. The van der Waals surface area contributed by atoms with Gasteiger partial charge in [0.15, 0.2) is 0 Å². The van der Waals surface area contributed by atoms with Crippen LogP contribution in [0.2, 0.25) is 0 Å². The van der Waals surface area contributed by atoms with Crippen molar-refractivity contribution in [2.45, 2.75) is 11.3 Å². The van der Waals surface area contributed by atoms with E-state index in [0.717, 1.165) is 5.69 Å². The minimum absolute atomic E-state index is 0.120. The molecular formula is C12H15N3O3S2. The van der Waals surface area contributed by atoms with E-state index in [2.05, 4.69) is 9.71 Å². The lowest BCUT2D eigenvalue weighted by Gasteiger charge is -2.09. The number of thiazole rings is 1. The molecular weight excluding hydrogens is 298 g/mol. The topological polar surface area (TPSA) is 94.3 Å². The van der Waals surface area contributed by atoms with E-state index in [4.69, 9.17) is 10.5 Å². The largest absolute Gasteiger partial charge is 0.495 e. The van der Waals surface area contributed by atoms with Gasteiger partial charge in [-0.1, -0.05) is 0 Å². The van der Waals surface area contributed by atoms with E-state index in [0.29, 0.717) is 12.2 Å². The number of nitrogens with one attached hydrogen (secondary N) is 1. The molecule has 3 N–H and O–H groups in total. The molecule has 0 fully saturated rings. The number of rotatable bonds is 6. The van der Waals surface area contributed by atoms with Gasteiger partial charge >= 0.3 is 0 Å². The minimum atomic E-state index is -3.57. The van der Waals surface area contributed by atoms with Crippen LogP contribution >= 0.6 is 11.3 Å². The van der Waals surface area contributed by atoms with Crippen LogP contribution in [0.3, 0.4) is 0 Å². The molecule has 0 amide bonds. The average molecular weight is 313 g/mol. The van der Waals surface area contributed by atoms with Crippen molar-refractivity contribution < 1.29 is 13.2 Å². The van der Waals surface area contributed by atoms with Gasteiger partial charge in [0.25, 0.3) is 0 Å². The molecule has 2 aromatic rings. The van der Waals surface area contributed by atoms with Crippen LogP contribution < -0.4 is 15.2 Å². The smallest absolute Gasteiger partial charge is 0.240 e. The number of anilines is 1. The van der Waals surface area contributed by atoms with Crippen molar-refractivity contribution in [1.29, 1.82) is 0 Å². The molecule has 0 unspecified atom stereocenters. The van der Waals surface area contributed by atoms with Gasteiger partial charge in [-0.3, -0.25) is 0 Å². The molecule has 8 heteroatoms. The molecule has 0 spiro atoms. The van der Waals surface area contributed by atoms with Crippen molar-refractivity contribution in [2.24, 2.45) is 0 Å². The third-order valence-corrected chi connectivity index (χ3v) is 4.76. The van der Waals surface area contributed by atoms with Gasteiger partial charge in [0.1, 0.15) is 5.75 Å². The van der Waals surface area contributed by atoms with Gasteiger partial charge in [0.2, 0.25) is 10.0 Å². The number of nitrogens with two attached hydrogens (primary N) is 1. The molecule has 0 bridgehead atoms. The highest BCUT2D eigenvalue weighted by Crippen LogP contribution is 2.24. The van der Waals surface area contributed by atoms with Crippen molar-refractivity contribution in [3.05, 3.63) is 34.8 Å². The van der Waals surface area contributed by atoms with Crippen molar-refractivity contribution in [3.8, 4) is 5.75 Å². The number of hydrogen-bond donors (Lipinski definition) is 2. The summed E-state index contributed by atoms with van der Waals surface area (Å²) in [5.74, 6) is 0.450. The van der Waals surface area contributed by atoms with Crippen molar-refractivity contribution in [1.82, 2.24) is 9.71 Å². The number of sulfonamides is 1. The zero-order valence-electron chi connectivity index (χ0n) is 10.9. The van der Waals surface area contributed by atoms with Crippen LogP contribution in [-0.4, -0.2) is 27.1 Å². The molecule has 0 atom stereocenters. The fourth-order valence-electron chi connectivity index (χ4n) is 1.64. The summed E-state index contributed by atoms with van der Waals surface area (Å²) in [5.41, 5.74) is 8.58. The number of nitrogen functional groups attached to an aromatic ring is 1. The summed E-state index contributed by atoms with van der Waals surface area (Å²) < 4.78 is 31.7. The fraction of sp³-hybridized carbons (Fsp3) is 0.250. The lowest BCUT2D eigenvalue weighted by atomic mass is 10.3. The van der Waals surface area contributed by atoms with Crippen LogP contribution in [-0.2, 0) is 16.4 Å². The molecule has 2 rings (SSSR count). The second kappa shape index (κ2) is 6.21. The van der Waals surface area contributed by atoms with Crippen LogP contribution in [0.4, 0.5) is 5.69 Å². The zero-order valence-corrected chi connectivity index (χ0v) is 12.5. The van der Waals surface area contributed by atoms with Crippen LogP contribution in [0, 0.1) is 0 Å². The number of benzene rings is 1. The van der Waals surface area contributed by atoms with Gasteiger partial charge in [0.05, 0.1) is 28.9 Å². The van der Waals surface area contributed by atoms with Crippen LogP contribution in [0.15, 0.2) is 34.0 Å². The molecule has 0 radical (unpaired) electrons. The van der Waals surface area contributed by atoms with Gasteiger partial charge in [-0.25, -0.2) is 18.1 Å². The van der Waals surface area contributed by atoms with E-state index < -0.39 is 10.0 Å². The first-order chi connectivity index (χ1) is 9.53. The number of nitrogens with zero attached hydrogens (tertiary/aromatic N) is 1. The molecule has 0 saturated carbocycles. The molecule has 108 valence electrons. The number of hydrogen-bond acceptors (Lipinski definition) is 6. The zero-order chi connectivity index (χ0) is 14.6. The Bertz CT molecular complexity index is 669. The van der Waals surface area contributed by atoms with E-state index in [1.165, 1.54) is 36.6 Å². The monoisotopic (exact) mass is 313 g/mol. The third kappa shape index (κ3) is 3.47. The molecule has 1 heterocycles. The molecule has 6 nitrogen and oxygen atoms in total. The summed E-state index contributed by atoms with van der Waals surface area (Å²) in [5, 5.41) is 1.89. The lowest BCUT2D eigenvalue weighted by Crippen LogP contribution is -2.26. The highest BCUT2D eigenvalue weighted by atomic mass is 32.2. The second-order valence-electron chi connectivity index (χ2n) is 4.03. The van der Waals surface area contributed by atoms with Gasteiger partial charge in [-0.05, 0) is 18.2 Å². The Labute approximate surface area is 121 Å². The molecule has 0 saturated heterocycles. The van der Waals surface area contributed by atoms with E-state index in [1.54, 1.807) is 5.51 Å². The van der Waals surface area contributed by atoms with Gasteiger partial charge < -0.3 is 10.5 Å². The standard InChI is InChI=1S/C12H15N3O3S2/c1-18-12-3-2-10(6-11(12)13)20(16,17)15-5-4-9-7-19-8-14-9/h2-3,6-8,15H,4-5,13H2,1H3. The number of ether oxygens (including phenoxy) is 1. The Hall–Kier alpha value is -1.64. The molecule has 0 aliphatic heterocycles. The van der Waals surface area contributed by atoms with E-state index in [-0.39, 0.29) is 17.1 Å². The highest BCUT2D eigenvalue weighted by molar-refractivity contribution is 7.89. The molecule has 0 aliphatic rings. The van der Waals surface area contributed by atoms with E-state index >= 15 is 0 Å². The SMILES string of the molecule is COc1ccc(S(=O)(=O)NCCc2cscn2)cc1N. The van der Waals surface area contributed by atoms with Crippen LogP contribution in [0.25, 0.3) is 0 Å². The van der Waals surface area contributed by atoms with E-state index in [1.807, 2.05) is 5.38 Å². The Morgan fingerprint density at radius 1 is 1.45 bits per heavy atom. The first-order valence-corrected chi connectivity index (χ1v) is 8.26. The highest BCUT2D eigenvalue weighted by Gasteiger charge is 2.15. The first-order valence-electron chi connectivity index (χ1n) is 5.83. The molecule has 0 aliphatic carbocycles. The summed E-state index contributed by atoms with van der Waals surface area (Å²) >= 11 is 1.48. The summed E-state index contributed by atoms with van der Waals surface area (Å²) in [6, 6.07) is 4.37. The summed E-state index contributed by atoms with van der Waals surface area (Å²) in [6.45, 7) is 0.290. The fourth-order valence-corrected chi connectivity index (χ4v) is 3.30. The number of methoxy groups -OCH3 is 1. The predicted molar refractivity (Wildman–Crippen MR) is 78.4 cm³/mol. The average Bonchev–Trinajstić information content (AvgIpc) is 2.91. The second-order valence-corrected chi connectivity index (χ2v) is 6.52. The molecule has 20 heavy (non-hydrogen) atoms. The molecule has 1 aromatic heterocycles. The summed E-state index contributed by atoms with van der Waals surface area (Å²) in [4.78, 5) is 4.21. The Balaban J connectivity index is 2.04. The Morgan fingerprint density at radius 3 is 2.85 bits per heavy atom. The van der Waals surface area contributed by atoms with Crippen LogP contribution in [0.1, 0.15) is 5.69 Å². The first kappa shape index (κ1) is 14.8. The number of aromatic nitrogens is 1. The normalized spacial score (nSPS) is 11.4. The maximum atomic E-state index is 12.1. The van der Waals surface area contributed by atoms with Gasteiger partial charge in [-0.15, -0.1) is 11.3 Å². The van der Waals surface area contributed by atoms with Gasteiger partial charge in [-0.2, -0.15) is 0 Å². The molecule has 1 aromatic carbocycles. The summed E-state index contributed by atoms with van der Waals surface area (Å²) in [6.07, 6.45) is 0.550. The van der Waals surface area contributed by atoms with Crippen molar-refractivity contribution >= 4 is 27.0 Å². The van der Waals surface area contributed by atoms with Crippen LogP contribution in [0.5, 0.6) is 5.75 Å². The Kier molecular flexibility index (Phi) is 4.58. The van der Waals surface area contributed by atoms with Crippen molar-refractivity contribution in [3.63, 3.8) is 0 Å². The minimum Gasteiger partial charge on any atom is -0.495 e. The predicted octanol–water partition coefficient (Wildman–Crippen LogP) is 1.25. The van der Waals surface area contributed by atoms with Gasteiger partial charge in [0, 0.05) is 18.3 Å². The maximum Gasteiger partial charge on any atom is 0.240 e. The third-order valence-electron chi connectivity index (χ3n) is 2.67. The quantitative estimate of drug-likeness (QED) is 0.783. The maximum absolute atomic E-state index is 12.1. The lowest BCUT2D eigenvalue weighted by molar-refractivity contribution is 0.416. The van der Waals surface area contributed by atoms with E-state index in [9.17, 15) is 8.42 Å². The van der Waals surface area contributed by atoms with Crippen molar-refractivity contribution in [2.75, 3.05) is 19.4 Å².